The van der Waals surface area contributed by atoms with Gasteiger partial charge in [0.05, 0.1) is 0 Å². The normalized spacial score (nSPS) is 13.0. The molecule has 13 heavy (non-hydrogen) atoms. The Morgan fingerprint density at radius 1 is 1.23 bits per heavy atom. The monoisotopic (exact) mass is 214 g/mol. The molecule has 0 spiro atoms. The zero-order chi connectivity index (χ0) is 10.9. The Morgan fingerprint density at radius 3 is 1.62 bits per heavy atom. The highest BCUT2D eigenvalue weighted by atomic mass is 32.2. The zero-order valence-corrected chi connectivity index (χ0v) is 9.04. The van der Waals surface area contributed by atoms with Gasteiger partial charge in [0, 0.05) is 13.2 Å². The van der Waals surface area contributed by atoms with E-state index in [1.165, 1.54) is 6.92 Å². The fourth-order valence-corrected chi connectivity index (χ4v) is 0.836. The van der Waals surface area contributed by atoms with Gasteiger partial charge in [-0.1, -0.05) is 6.92 Å². The molecule has 82 valence electrons. The first-order valence-electron chi connectivity index (χ1n) is 4.12. The van der Waals surface area contributed by atoms with E-state index < -0.39 is 15.6 Å². The van der Waals surface area contributed by atoms with Gasteiger partial charge >= 0.3 is 0 Å². The topological polar surface area (TPSA) is 83.8 Å². The van der Waals surface area contributed by atoms with Crippen LogP contribution >= 0.6 is 0 Å². The first kappa shape index (κ1) is 15.3. The van der Waals surface area contributed by atoms with E-state index in [0.29, 0.717) is 0 Å². The summed E-state index contributed by atoms with van der Waals surface area (Å²) in [4.78, 5) is 0. The molecule has 0 heterocycles. The summed E-state index contributed by atoms with van der Waals surface area (Å²) in [6, 6.07) is 0. The average molecular weight is 214 g/mol. The van der Waals surface area contributed by atoms with Crippen molar-refractivity contribution >= 4 is 10.1 Å². The molecule has 0 fully saturated rings. The molecule has 1 unspecified atom stereocenters. The third-order valence-electron chi connectivity index (χ3n) is 1.10. The van der Waals surface area contributed by atoms with Crippen molar-refractivity contribution in [1.82, 2.24) is 0 Å². The van der Waals surface area contributed by atoms with Crippen molar-refractivity contribution in [1.29, 1.82) is 0 Å². The third kappa shape index (κ3) is 11.8. The van der Waals surface area contributed by atoms with E-state index in [1.807, 2.05) is 13.8 Å². The highest BCUT2D eigenvalue weighted by Gasteiger charge is 2.15. The van der Waals surface area contributed by atoms with Crippen molar-refractivity contribution in [2.45, 2.75) is 32.6 Å². The molecule has 0 aliphatic heterocycles. The van der Waals surface area contributed by atoms with Crippen molar-refractivity contribution in [2.24, 2.45) is 0 Å². The summed E-state index contributed by atoms with van der Waals surface area (Å²) in [5.41, 5.74) is -1.62. The van der Waals surface area contributed by atoms with Crippen LogP contribution in [0.4, 0.5) is 0 Å². The largest absolute Gasteiger partial charge is 0.382 e. The molecule has 0 rings (SSSR count). The highest BCUT2D eigenvalue weighted by molar-refractivity contribution is 7.86. The van der Waals surface area contributed by atoms with Crippen LogP contribution in [0.1, 0.15) is 27.2 Å². The fourth-order valence-electron chi connectivity index (χ4n) is 0.415. The first-order valence-corrected chi connectivity index (χ1v) is 5.62. The van der Waals surface area contributed by atoms with Crippen molar-refractivity contribution in [3.8, 4) is 0 Å². The standard InChI is InChI=1S/C4H10O.C3H8O4S/c1-3-5-4-2;1-2-3(4)8(5,6)7/h3-4H2,1-2H3;3-4H,2H2,1H3,(H,5,6,7). The summed E-state index contributed by atoms with van der Waals surface area (Å²) in [5.74, 6) is 0. The number of aliphatic hydroxyl groups excluding tert-OH is 1. The molecule has 0 saturated carbocycles. The van der Waals surface area contributed by atoms with Crippen LogP contribution in [-0.4, -0.2) is 36.7 Å². The van der Waals surface area contributed by atoms with Crippen molar-refractivity contribution in [3.63, 3.8) is 0 Å². The highest BCUT2D eigenvalue weighted by Crippen LogP contribution is 1.96. The molecular formula is C7H18O5S. The predicted octanol–water partition coefficient (Wildman–Crippen LogP) is 0.645. The predicted molar refractivity (Wildman–Crippen MR) is 50.0 cm³/mol. The van der Waals surface area contributed by atoms with Crippen LogP contribution in [0.15, 0.2) is 0 Å². The smallest absolute Gasteiger partial charge is 0.291 e. The van der Waals surface area contributed by atoms with Gasteiger partial charge in [0.1, 0.15) is 0 Å². The van der Waals surface area contributed by atoms with E-state index in [-0.39, 0.29) is 6.42 Å². The molecule has 0 aliphatic carbocycles. The van der Waals surface area contributed by atoms with Crippen LogP contribution in [0.5, 0.6) is 0 Å². The molecule has 0 radical (unpaired) electrons. The molecule has 0 saturated heterocycles. The lowest BCUT2D eigenvalue weighted by Gasteiger charge is -1.99. The second kappa shape index (κ2) is 8.43. The van der Waals surface area contributed by atoms with E-state index in [4.69, 9.17) is 14.4 Å². The Bertz CT molecular complexity index is 185. The number of ether oxygens (including phenoxy) is 1. The van der Waals surface area contributed by atoms with Gasteiger partial charge in [-0.3, -0.25) is 4.55 Å². The Labute approximate surface area is 79.5 Å². The Kier molecular flexibility index (Phi) is 9.93. The van der Waals surface area contributed by atoms with E-state index in [1.54, 1.807) is 0 Å². The number of rotatable bonds is 4. The maximum Gasteiger partial charge on any atom is 0.291 e. The summed E-state index contributed by atoms with van der Waals surface area (Å²) in [6.45, 7) is 7.12. The second-order valence-electron chi connectivity index (χ2n) is 2.16. The van der Waals surface area contributed by atoms with Gasteiger partial charge in [0.2, 0.25) is 0 Å². The molecule has 0 amide bonds. The second-order valence-corrected chi connectivity index (χ2v) is 3.73. The number of hydrogen-bond donors (Lipinski definition) is 2. The summed E-state index contributed by atoms with van der Waals surface area (Å²) >= 11 is 0. The maximum atomic E-state index is 9.87. The summed E-state index contributed by atoms with van der Waals surface area (Å²) < 4.78 is 32.6. The lowest BCUT2D eigenvalue weighted by Crippen LogP contribution is -2.17. The minimum Gasteiger partial charge on any atom is -0.382 e. The Morgan fingerprint density at radius 2 is 1.62 bits per heavy atom. The van der Waals surface area contributed by atoms with Gasteiger partial charge in [-0.15, -0.1) is 0 Å². The number of hydrogen-bond acceptors (Lipinski definition) is 4. The van der Waals surface area contributed by atoms with Crippen molar-refractivity contribution < 1.29 is 22.8 Å². The third-order valence-corrected chi connectivity index (χ3v) is 2.12. The van der Waals surface area contributed by atoms with Gasteiger partial charge in [0.15, 0.2) is 5.44 Å². The molecule has 0 aliphatic rings. The summed E-state index contributed by atoms with van der Waals surface area (Å²) in [5, 5.41) is 8.36. The minimum atomic E-state index is -4.20. The Balaban J connectivity index is 0. The average Bonchev–Trinajstić information content (AvgIpc) is 2.04. The minimum absolute atomic E-state index is 0.0127. The molecule has 0 bridgehead atoms. The van der Waals surface area contributed by atoms with Crippen LogP contribution in [0, 0.1) is 0 Å². The molecule has 0 aromatic heterocycles. The van der Waals surface area contributed by atoms with Gasteiger partial charge in [-0.25, -0.2) is 0 Å². The molecular weight excluding hydrogens is 196 g/mol. The van der Waals surface area contributed by atoms with Crippen LogP contribution in [0.2, 0.25) is 0 Å². The van der Waals surface area contributed by atoms with Gasteiger partial charge in [-0.2, -0.15) is 8.42 Å². The molecule has 6 heteroatoms. The van der Waals surface area contributed by atoms with Crippen LogP contribution < -0.4 is 0 Å². The molecule has 2 N–H and O–H groups in total. The van der Waals surface area contributed by atoms with E-state index in [2.05, 4.69) is 0 Å². The Hall–Kier alpha value is -0.170. The molecule has 0 aromatic rings. The fraction of sp³-hybridized carbons (Fsp3) is 1.00. The molecule has 0 aromatic carbocycles. The summed E-state index contributed by atoms with van der Waals surface area (Å²) in [7, 11) is -4.20. The van der Waals surface area contributed by atoms with E-state index in [9.17, 15) is 8.42 Å². The lowest BCUT2D eigenvalue weighted by atomic mass is 10.5. The lowest BCUT2D eigenvalue weighted by molar-refractivity contribution is 0.162. The van der Waals surface area contributed by atoms with Crippen LogP contribution in [0.3, 0.4) is 0 Å². The van der Waals surface area contributed by atoms with Crippen molar-refractivity contribution in [2.75, 3.05) is 13.2 Å². The van der Waals surface area contributed by atoms with E-state index >= 15 is 0 Å². The van der Waals surface area contributed by atoms with Crippen molar-refractivity contribution in [3.05, 3.63) is 0 Å². The first-order chi connectivity index (χ1) is 5.90. The van der Waals surface area contributed by atoms with Gasteiger partial charge in [-0.05, 0) is 20.3 Å². The molecule has 5 nitrogen and oxygen atoms in total. The SMILES string of the molecule is CCC(O)S(=O)(=O)O.CCOCC. The van der Waals surface area contributed by atoms with Gasteiger partial charge < -0.3 is 9.84 Å². The van der Waals surface area contributed by atoms with Crippen LogP contribution in [0.25, 0.3) is 0 Å². The van der Waals surface area contributed by atoms with Crippen LogP contribution in [-0.2, 0) is 14.9 Å². The van der Waals surface area contributed by atoms with E-state index in [0.717, 1.165) is 13.2 Å². The van der Waals surface area contributed by atoms with Gasteiger partial charge in [0.25, 0.3) is 10.1 Å². The molecule has 1 atom stereocenters. The zero-order valence-electron chi connectivity index (χ0n) is 8.23. The maximum absolute atomic E-state index is 9.87. The quantitative estimate of drug-likeness (QED) is 0.671. The summed E-state index contributed by atoms with van der Waals surface area (Å²) in [6.07, 6.45) is 0.0127. The number of aliphatic hydroxyl groups is 1.